The molecule has 6 nitrogen and oxygen atoms in total. The van der Waals surface area contributed by atoms with Gasteiger partial charge in [0.1, 0.15) is 4.90 Å². The summed E-state index contributed by atoms with van der Waals surface area (Å²) in [5.41, 5.74) is 1.34. The minimum absolute atomic E-state index is 0.384. The predicted octanol–water partition coefficient (Wildman–Crippen LogP) is 1.14. The fourth-order valence-electron chi connectivity index (χ4n) is 2.60. The van der Waals surface area contributed by atoms with Crippen LogP contribution in [-0.2, 0) is 16.6 Å². The lowest BCUT2D eigenvalue weighted by molar-refractivity contribution is 0.451. The molecule has 2 rings (SSSR count). The van der Waals surface area contributed by atoms with Crippen LogP contribution in [0.25, 0.3) is 0 Å². The van der Waals surface area contributed by atoms with Crippen LogP contribution in [-0.4, -0.2) is 49.7 Å². The van der Waals surface area contributed by atoms with Gasteiger partial charge in [0, 0.05) is 20.1 Å². The molecule has 1 saturated carbocycles. The number of aryl methyl sites for hydroxylation is 2. The molecule has 0 aliphatic heterocycles. The quantitative estimate of drug-likeness (QED) is 0.731. The Morgan fingerprint density at radius 3 is 2.62 bits per heavy atom. The van der Waals surface area contributed by atoms with Gasteiger partial charge in [-0.2, -0.15) is 5.10 Å². The zero-order valence-electron chi connectivity index (χ0n) is 13.4. The van der Waals surface area contributed by atoms with E-state index < -0.39 is 10.0 Å². The fraction of sp³-hybridized carbons (Fsp3) is 0.786. The summed E-state index contributed by atoms with van der Waals surface area (Å²) in [5.74, 6) is 0.538. The van der Waals surface area contributed by atoms with E-state index >= 15 is 0 Å². The number of aromatic nitrogens is 2. The van der Waals surface area contributed by atoms with Gasteiger partial charge in [-0.25, -0.2) is 12.7 Å². The molecule has 0 atom stereocenters. The summed E-state index contributed by atoms with van der Waals surface area (Å²) in [4.78, 5) is 0.384. The van der Waals surface area contributed by atoms with Crippen LogP contribution >= 0.6 is 0 Å². The van der Waals surface area contributed by atoms with E-state index in [1.165, 1.54) is 4.31 Å². The van der Waals surface area contributed by atoms with E-state index in [2.05, 4.69) is 10.4 Å². The van der Waals surface area contributed by atoms with Gasteiger partial charge in [-0.15, -0.1) is 0 Å². The third kappa shape index (κ3) is 3.64. The average Bonchev–Trinajstić information content (AvgIpc) is 3.16. The molecular formula is C14H26N4O2S. The van der Waals surface area contributed by atoms with Gasteiger partial charge < -0.3 is 5.32 Å². The summed E-state index contributed by atoms with van der Waals surface area (Å²) in [5, 5.41) is 7.50. The highest BCUT2D eigenvalue weighted by Crippen LogP contribution is 2.32. The molecule has 1 heterocycles. The Hall–Kier alpha value is -0.920. The second-order valence-corrected chi connectivity index (χ2v) is 7.89. The number of rotatable bonds is 8. The van der Waals surface area contributed by atoms with Crippen LogP contribution in [0.2, 0.25) is 0 Å². The molecule has 120 valence electrons. The summed E-state index contributed by atoms with van der Waals surface area (Å²) in [6, 6.07) is 0. The minimum atomic E-state index is -3.43. The van der Waals surface area contributed by atoms with Crippen LogP contribution in [0.15, 0.2) is 4.90 Å². The molecule has 0 bridgehead atoms. The maximum absolute atomic E-state index is 12.7. The molecule has 1 N–H and O–H groups in total. The van der Waals surface area contributed by atoms with Crippen LogP contribution in [0.4, 0.5) is 0 Å². The molecule has 1 aromatic heterocycles. The van der Waals surface area contributed by atoms with Crippen LogP contribution < -0.4 is 5.32 Å². The van der Waals surface area contributed by atoms with Crippen molar-refractivity contribution < 1.29 is 8.42 Å². The van der Waals surface area contributed by atoms with Gasteiger partial charge in [0.2, 0.25) is 10.0 Å². The van der Waals surface area contributed by atoms with E-state index in [0.29, 0.717) is 23.1 Å². The molecular weight excluding hydrogens is 288 g/mol. The number of hydrogen-bond acceptors (Lipinski definition) is 4. The zero-order chi connectivity index (χ0) is 15.6. The first-order valence-corrected chi connectivity index (χ1v) is 8.97. The first kappa shape index (κ1) is 16.5. The summed E-state index contributed by atoms with van der Waals surface area (Å²) in [7, 11) is 0.147. The van der Waals surface area contributed by atoms with Gasteiger partial charge >= 0.3 is 0 Å². The van der Waals surface area contributed by atoms with E-state index in [-0.39, 0.29) is 0 Å². The highest BCUT2D eigenvalue weighted by molar-refractivity contribution is 7.89. The lowest BCUT2D eigenvalue weighted by Crippen LogP contribution is -2.29. The van der Waals surface area contributed by atoms with E-state index in [1.54, 1.807) is 14.0 Å². The first-order valence-electron chi connectivity index (χ1n) is 7.53. The van der Waals surface area contributed by atoms with Crippen molar-refractivity contribution in [2.24, 2.45) is 5.92 Å². The highest BCUT2D eigenvalue weighted by Gasteiger charge is 2.32. The van der Waals surface area contributed by atoms with Crippen molar-refractivity contribution in [1.82, 2.24) is 19.4 Å². The summed E-state index contributed by atoms with van der Waals surface area (Å²) < 4.78 is 28.8. The van der Waals surface area contributed by atoms with Gasteiger partial charge in [0.15, 0.2) is 0 Å². The second-order valence-electron chi connectivity index (χ2n) is 5.91. The summed E-state index contributed by atoms with van der Waals surface area (Å²) in [6.45, 7) is 5.86. The standard InChI is InChI=1S/C14H26N4O2S/c1-11-14(12(2)18(16-11)9-5-8-15-3)21(19,20)17(4)10-13-6-7-13/h13,15H,5-10H2,1-4H3. The van der Waals surface area contributed by atoms with Crippen molar-refractivity contribution in [2.45, 2.75) is 44.6 Å². The smallest absolute Gasteiger partial charge is 0.246 e. The Balaban J connectivity index is 2.21. The van der Waals surface area contributed by atoms with Gasteiger partial charge in [0.05, 0.1) is 11.4 Å². The van der Waals surface area contributed by atoms with E-state index in [1.807, 2.05) is 18.7 Å². The number of nitrogens with zero attached hydrogens (tertiary/aromatic N) is 3. The normalized spacial score (nSPS) is 15.9. The Kier molecular flexibility index (Phi) is 5.06. The molecule has 1 fully saturated rings. The third-order valence-electron chi connectivity index (χ3n) is 3.99. The minimum Gasteiger partial charge on any atom is -0.320 e. The van der Waals surface area contributed by atoms with Crippen LogP contribution in [0.1, 0.15) is 30.7 Å². The van der Waals surface area contributed by atoms with Crippen LogP contribution in [0.5, 0.6) is 0 Å². The molecule has 1 aromatic rings. The number of sulfonamides is 1. The summed E-state index contributed by atoms with van der Waals surface area (Å²) in [6.07, 6.45) is 3.21. The van der Waals surface area contributed by atoms with Crippen LogP contribution in [0.3, 0.4) is 0 Å². The Bertz CT molecular complexity index is 590. The first-order chi connectivity index (χ1) is 9.87. The average molecular weight is 314 g/mol. The number of nitrogens with one attached hydrogen (secondary N) is 1. The molecule has 7 heteroatoms. The topological polar surface area (TPSA) is 67.2 Å². The molecule has 0 aromatic carbocycles. The number of hydrogen-bond donors (Lipinski definition) is 1. The van der Waals surface area contributed by atoms with Crippen molar-refractivity contribution >= 4 is 10.0 Å². The maximum atomic E-state index is 12.7. The second kappa shape index (κ2) is 6.46. The van der Waals surface area contributed by atoms with E-state index in [9.17, 15) is 8.42 Å². The zero-order valence-corrected chi connectivity index (χ0v) is 14.2. The fourth-order valence-corrected chi connectivity index (χ4v) is 4.21. The van der Waals surface area contributed by atoms with Crippen molar-refractivity contribution in [3.05, 3.63) is 11.4 Å². The van der Waals surface area contributed by atoms with Gasteiger partial charge in [0.25, 0.3) is 0 Å². The Morgan fingerprint density at radius 2 is 2.05 bits per heavy atom. The molecule has 21 heavy (non-hydrogen) atoms. The van der Waals surface area contributed by atoms with E-state index in [4.69, 9.17) is 0 Å². The van der Waals surface area contributed by atoms with E-state index in [0.717, 1.165) is 38.0 Å². The summed E-state index contributed by atoms with van der Waals surface area (Å²) >= 11 is 0. The third-order valence-corrected chi connectivity index (χ3v) is 6.07. The molecule has 0 spiro atoms. The lowest BCUT2D eigenvalue weighted by Gasteiger charge is -2.17. The predicted molar refractivity (Wildman–Crippen MR) is 82.8 cm³/mol. The molecule has 0 amide bonds. The molecule has 1 aliphatic rings. The lowest BCUT2D eigenvalue weighted by atomic mass is 10.4. The molecule has 0 saturated heterocycles. The van der Waals surface area contributed by atoms with Gasteiger partial charge in [-0.1, -0.05) is 0 Å². The Labute approximate surface area is 127 Å². The van der Waals surface area contributed by atoms with Gasteiger partial charge in [-0.3, -0.25) is 4.68 Å². The van der Waals surface area contributed by atoms with Gasteiger partial charge in [-0.05, 0) is 52.6 Å². The van der Waals surface area contributed by atoms with Crippen molar-refractivity contribution in [3.8, 4) is 0 Å². The molecule has 1 aliphatic carbocycles. The maximum Gasteiger partial charge on any atom is 0.246 e. The SMILES string of the molecule is CNCCCn1nc(C)c(S(=O)(=O)N(C)CC2CC2)c1C. The molecule has 0 unspecified atom stereocenters. The van der Waals surface area contributed by atoms with Crippen LogP contribution in [0, 0.1) is 19.8 Å². The van der Waals surface area contributed by atoms with Crippen molar-refractivity contribution in [2.75, 3.05) is 27.2 Å². The largest absolute Gasteiger partial charge is 0.320 e. The monoisotopic (exact) mass is 314 g/mol. The Morgan fingerprint density at radius 1 is 1.38 bits per heavy atom. The van der Waals surface area contributed by atoms with Crippen molar-refractivity contribution in [3.63, 3.8) is 0 Å². The van der Waals surface area contributed by atoms with Crippen molar-refractivity contribution in [1.29, 1.82) is 0 Å². The molecule has 0 radical (unpaired) electrons. The highest BCUT2D eigenvalue weighted by atomic mass is 32.2.